The van der Waals surface area contributed by atoms with Crippen LogP contribution < -0.4 is 4.74 Å². The molecule has 0 N–H and O–H groups in total. The van der Waals surface area contributed by atoms with E-state index in [1.165, 1.54) is 11.5 Å². The number of ether oxygens (including phenoxy) is 1. The van der Waals surface area contributed by atoms with Crippen molar-refractivity contribution in [1.82, 2.24) is 14.3 Å². The van der Waals surface area contributed by atoms with Crippen LogP contribution in [-0.4, -0.2) is 34.2 Å². The number of hydrogen-bond acceptors (Lipinski definition) is 6. The van der Waals surface area contributed by atoms with Gasteiger partial charge in [0.1, 0.15) is 18.4 Å². The van der Waals surface area contributed by atoms with E-state index in [1.54, 1.807) is 6.34 Å². The van der Waals surface area contributed by atoms with E-state index in [-0.39, 0.29) is 6.61 Å². The van der Waals surface area contributed by atoms with Crippen molar-refractivity contribution in [3.63, 3.8) is 0 Å². The van der Waals surface area contributed by atoms with Gasteiger partial charge in [-0.1, -0.05) is 30.3 Å². The van der Waals surface area contributed by atoms with Crippen LogP contribution >= 0.6 is 27.5 Å². The van der Waals surface area contributed by atoms with Crippen molar-refractivity contribution < 1.29 is 4.74 Å². The first-order valence-corrected chi connectivity index (χ1v) is 10.6. The van der Waals surface area contributed by atoms with Gasteiger partial charge in [-0.3, -0.25) is 0 Å². The Morgan fingerprint density at radius 2 is 2.10 bits per heavy atom. The van der Waals surface area contributed by atoms with Crippen molar-refractivity contribution in [3.8, 4) is 23.2 Å². The molecule has 3 rings (SSSR count). The van der Waals surface area contributed by atoms with E-state index >= 15 is 0 Å². The minimum atomic E-state index is 0.222. The molecule has 8 heteroatoms. The number of pyridine rings is 1. The van der Waals surface area contributed by atoms with Crippen LogP contribution in [0.4, 0.5) is 5.69 Å². The number of halogens is 1. The molecule has 0 aliphatic rings. The van der Waals surface area contributed by atoms with Gasteiger partial charge in [0.25, 0.3) is 0 Å². The van der Waals surface area contributed by atoms with Crippen molar-refractivity contribution in [3.05, 3.63) is 57.0 Å². The van der Waals surface area contributed by atoms with E-state index in [9.17, 15) is 5.26 Å². The zero-order chi connectivity index (χ0) is 20.8. The third-order valence-electron chi connectivity index (χ3n) is 4.26. The standard InChI is InChI=1S/C21H20BrN5OS/c1-4-27(3)13-24-18-10-17(22)21(25-14(18)2)28-12-19-16(11-23)20(26-29-19)15-8-6-5-7-9-15/h5-10,13H,4,12H2,1-3H3. The van der Waals surface area contributed by atoms with Gasteiger partial charge in [-0.2, -0.15) is 9.64 Å². The molecule has 2 heterocycles. The Kier molecular flexibility index (Phi) is 6.96. The van der Waals surface area contributed by atoms with Gasteiger partial charge in [0.15, 0.2) is 0 Å². The van der Waals surface area contributed by atoms with Crippen molar-refractivity contribution in [2.75, 3.05) is 13.6 Å². The van der Waals surface area contributed by atoms with Crippen LogP contribution in [0.25, 0.3) is 11.3 Å². The minimum Gasteiger partial charge on any atom is -0.471 e. The lowest BCUT2D eigenvalue weighted by molar-refractivity contribution is 0.294. The Hall–Kier alpha value is -2.76. The predicted molar refractivity (Wildman–Crippen MR) is 120 cm³/mol. The summed E-state index contributed by atoms with van der Waals surface area (Å²) in [6.45, 7) is 5.04. The van der Waals surface area contributed by atoms with Crippen LogP contribution in [0.15, 0.2) is 45.9 Å². The third kappa shape index (κ3) is 5.00. The zero-order valence-corrected chi connectivity index (χ0v) is 18.8. The van der Waals surface area contributed by atoms with Crippen molar-refractivity contribution in [1.29, 1.82) is 5.26 Å². The van der Waals surface area contributed by atoms with Crippen LogP contribution in [0.5, 0.6) is 5.88 Å². The Labute approximate surface area is 182 Å². The molecule has 0 aliphatic heterocycles. The summed E-state index contributed by atoms with van der Waals surface area (Å²) in [5.74, 6) is 0.462. The normalized spacial score (nSPS) is 10.9. The Morgan fingerprint density at radius 3 is 2.79 bits per heavy atom. The van der Waals surface area contributed by atoms with Crippen LogP contribution in [-0.2, 0) is 6.61 Å². The maximum atomic E-state index is 9.62. The van der Waals surface area contributed by atoms with Crippen molar-refractivity contribution in [2.45, 2.75) is 20.5 Å². The highest BCUT2D eigenvalue weighted by Crippen LogP contribution is 2.32. The van der Waals surface area contributed by atoms with Gasteiger partial charge in [-0.05, 0) is 47.4 Å². The molecule has 2 aromatic heterocycles. The molecule has 0 atom stereocenters. The quantitative estimate of drug-likeness (QED) is 0.344. The molecular weight excluding hydrogens is 450 g/mol. The fourth-order valence-corrected chi connectivity index (χ4v) is 3.65. The highest BCUT2D eigenvalue weighted by atomic mass is 79.9. The molecule has 3 aromatic rings. The number of nitriles is 1. The lowest BCUT2D eigenvalue weighted by Crippen LogP contribution is -2.14. The van der Waals surface area contributed by atoms with Gasteiger partial charge in [-0.25, -0.2) is 9.98 Å². The summed E-state index contributed by atoms with van der Waals surface area (Å²) in [6.07, 6.45) is 1.78. The molecular formula is C21H20BrN5OS. The van der Waals surface area contributed by atoms with Gasteiger partial charge < -0.3 is 9.64 Å². The van der Waals surface area contributed by atoms with Gasteiger partial charge >= 0.3 is 0 Å². The largest absolute Gasteiger partial charge is 0.471 e. The monoisotopic (exact) mass is 469 g/mol. The molecule has 29 heavy (non-hydrogen) atoms. The number of benzene rings is 1. The average molecular weight is 470 g/mol. The number of nitrogens with zero attached hydrogens (tertiary/aromatic N) is 5. The number of aliphatic imine (C=N–C) groups is 1. The van der Waals surface area contributed by atoms with Gasteiger partial charge in [0.2, 0.25) is 5.88 Å². The molecule has 0 radical (unpaired) electrons. The molecule has 0 fully saturated rings. The number of hydrogen-bond donors (Lipinski definition) is 0. The molecule has 6 nitrogen and oxygen atoms in total. The maximum absolute atomic E-state index is 9.62. The topological polar surface area (TPSA) is 74.4 Å². The van der Waals surface area contributed by atoms with E-state index in [0.717, 1.165) is 28.4 Å². The first-order chi connectivity index (χ1) is 14.0. The SMILES string of the molecule is CCN(C)C=Nc1cc(Br)c(OCc2snc(-c3ccccc3)c2C#N)nc1C. The van der Waals surface area contributed by atoms with Gasteiger partial charge in [-0.15, -0.1) is 0 Å². The summed E-state index contributed by atoms with van der Waals surface area (Å²) in [4.78, 5) is 11.7. The second kappa shape index (κ2) is 9.63. The summed E-state index contributed by atoms with van der Waals surface area (Å²) in [5.41, 5.74) is 3.67. The Morgan fingerprint density at radius 1 is 1.34 bits per heavy atom. The van der Waals surface area contributed by atoms with E-state index in [0.29, 0.717) is 21.6 Å². The molecule has 0 saturated heterocycles. The molecule has 1 aromatic carbocycles. The van der Waals surface area contributed by atoms with Gasteiger partial charge in [0.05, 0.1) is 32.6 Å². The lowest BCUT2D eigenvalue weighted by atomic mass is 10.1. The molecule has 0 aliphatic carbocycles. The first kappa shape index (κ1) is 21.0. The van der Waals surface area contributed by atoms with Gasteiger partial charge in [0, 0.05) is 19.2 Å². The predicted octanol–water partition coefficient (Wildman–Crippen LogP) is 5.34. The second-order valence-electron chi connectivity index (χ2n) is 6.29. The third-order valence-corrected chi connectivity index (χ3v) is 5.65. The smallest absolute Gasteiger partial charge is 0.228 e. The van der Waals surface area contributed by atoms with Crippen LogP contribution in [0, 0.1) is 18.3 Å². The van der Waals surface area contributed by atoms with Crippen molar-refractivity contribution in [2.24, 2.45) is 4.99 Å². The molecule has 0 bridgehead atoms. The zero-order valence-electron chi connectivity index (χ0n) is 16.4. The average Bonchev–Trinajstić information content (AvgIpc) is 3.16. The summed E-state index contributed by atoms with van der Waals surface area (Å²) in [5, 5.41) is 9.62. The number of aryl methyl sites for hydroxylation is 1. The fourth-order valence-electron chi connectivity index (χ4n) is 2.49. The van der Waals surface area contributed by atoms with E-state index < -0.39 is 0 Å². The van der Waals surface area contributed by atoms with E-state index in [4.69, 9.17) is 4.74 Å². The molecule has 0 amide bonds. The lowest BCUT2D eigenvalue weighted by Gasteiger charge is -2.11. The summed E-state index contributed by atoms with van der Waals surface area (Å²) >= 11 is 4.78. The Balaban J connectivity index is 1.79. The minimum absolute atomic E-state index is 0.222. The second-order valence-corrected chi connectivity index (χ2v) is 8.01. The van der Waals surface area contributed by atoms with Crippen molar-refractivity contribution >= 4 is 39.5 Å². The fraction of sp³-hybridized carbons (Fsp3) is 0.238. The van der Waals surface area contributed by atoms with Crippen LogP contribution in [0.2, 0.25) is 0 Å². The maximum Gasteiger partial charge on any atom is 0.228 e. The molecule has 0 saturated carbocycles. The molecule has 0 unspecified atom stereocenters. The first-order valence-electron chi connectivity index (χ1n) is 9.02. The highest BCUT2D eigenvalue weighted by Gasteiger charge is 2.17. The molecule has 148 valence electrons. The van der Waals surface area contributed by atoms with E-state index in [2.05, 4.69) is 43.3 Å². The molecule has 0 spiro atoms. The van der Waals surface area contributed by atoms with E-state index in [1.807, 2.05) is 55.3 Å². The summed E-state index contributed by atoms with van der Waals surface area (Å²) in [6, 6.07) is 13.8. The van der Waals surface area contributed by atoms with Crippen LogP contribution in [0.1, 0.15) is 23.1 Å². The summed E-state index contributed by atoms with van der Waals surface area (Å²) in [7, 11) is 1.96. The number of rotatable bonds is 7. The summed E-state index contributed by atoms with van der Waals surface area (Å²) < 4.78 is 11.1. The van der Waals surface area contributed by atoms with Crippen LogP contribution in [0.3, 0.4) is 0 Å². The number of aromatic nitrogens is 2. The highest BCUT2D eigenvalue weighted by molar-refractivity contribution is 9.10. The Bertz CT molecular complexity index is 1060.